The van der Waals surface area contributed by atoms with Gasteiger partial charge in [-0.1, -0.05) is 6.92 Å². The fourth-order valence-corrected chi connectivity index (χ4v) is 2.57. The summed E-state index contributed by atoms with van der Waals surface area (Å²) in [5, 5.41) is 9.92. The van der Waals surface area contributed by atoms with Gasteiger partial charge in [-0.3, -0.25) is 4.90 Å². The van der Waals surface area contributed by atoms with Crippen LogP contribution in [-0.2, 0) is 9.47 Å². The Morgan fingerprint density at radius 2 is 2.06 bits per heavy atom. The first-order chi connectivity index (χ1) is 7.81. The van der Waals surface area contributed by atoms with Gasteiger partial charge in [0.25, 0.3) is 0 Å². The van der Waals surface area contributed by atoms with Gasteiger partial charge in [-0.05, 0) is 12.8 Å². The predicted octanol–water partition coefficient (Wildman–Crippen LogP) is 0.495. The topological polar surface area (TPSA) is 41.9 Å². The van der Waals surface area contributed by atoms with E-state index in [0.29, 0.717) is 19.3 Å². The van der Waals surface area contributed by atoms with Crippen LogP contribution >= 0.6 is 0 Å². The van der Waals surface area contributed by atoms with Gasteiger partial charge in [0.05, 0.1) is 25.9 Å². The van der Waals surface area contributed by atoms with Crippen LogP contribution in [0.2, 0.25) is 0 Å². The van der Waals surface area contributed by atoms with E-state index >= 15 is 0 Å². The third-order valence-electron chi connectivity index (χ3n) is 3.72. The van der Waals surface area contributed by atoms with E-state index in [4.69, 9.17) is 9.47 Å². The standard InChI is InChI=1S/C12H23NO3/c1-2-11-9-16-6-4-13(11)7-10-8-15-5-3-12(10)14/h10-12,14H,2-9H2,1H3. The van der Waals surface area contributed by atoms with E-state index in [2.05, 4.69) is 11.8 Å². The summed E-state index contributed by atoms with van der Waals surface area (Å²) < 4.78 is 10.9. The van der Waals surface area contributed by atoms with Crippen molar-refractivity contribution in [3.63, 3.8) is 0 Å². The Labute approximate surface area is 97.5 Å². The summed E-state index contributed by atoms with van der Waals surface area (Å²) in [6.07, 6.45) is 1.71. The summed E-state index contributed by atoms with van der Waals surface area (Å²) in [7, 11) is 0. The van der Waals surface area contributed by atoms with E-state index < -0.39 is 0 Å². The summed E-state index contributed by atoms with van der Waals surface area (Å²) >= 11 is 0. The number of hydrogen-bond donors (Lipinski definition) is 1. The quantitative estimate of drug-likeness (QED) is 0.765. The number of ether oxygens (including phenoxy) is 2. The molecule has 0 bridgehead atoms. The molecule has 1 N–H and O–H groups in total. The zero-order valence-corrected chi connectivity index (χ0v) is 10.1. The number of rotatable bonds is 3. The average molecular weight is 229 g/mol. The Kier molecular flexibility index (Phi) is 4.58. The Hall–Kier alpha value is -0.160. The van der Waals surface area contributed by atoms with Gasteiger partial charge in [0.15, 0.2) is 0 Å². The molecule has 16 heavy (non-hydrogen) atoms. The van der Waals surface area contributed by atoms with E-state index in [-0.39, 0.29) is 12.0 Å². The van der Waals surface area contributed by atoms with E-state index in [9.17, 15) is 5.11 Å². The van der Waals surface area contributed by atoms with Crippen molar-refractivity contribution >= 4 is 0 Å². The van der Waals surface area contributed by atoms with Crippen molar-refractivity contribution in [2.75, 3.05) is 39.5 Å². The third kappa shape index (κ3) is 2.94. The van der Waals surface area contributed by atoms with Crippen LogP contribution in [0, 0.1) is 5.92 Å². The minimum atomic E-state index is -0.186. The molecule has 0 aliphatic carbocycles. The summed E-state index contributed by atoms with van der Waals surface area (Å²) in [4.78, 5) is 2.45. The molecule has 3 atom stereocenters. The smallest absolute Gasteiger partial charge is 0.0624 e. The van der Waals surface area contributed by atoms with Crippen LogP contribution in [0.4, 0.5) is 0 Å². The highest BCUT2D eigenvalue weighted by atomic mass is 16.5. The molecule has 4 nitrogen and oxygen atoms in total. The van der Waals surface area contributed by atoms with Gasteiger partial charge < -0.3 is 14.6 Å². The molecule has 0 radical (unpaired) electrons. The van der Waals surface area contributed by atoms with Crippen molar-refractivity contribution in [2.24, 2.45) is 5.92 Å². The van der Waals surface area contributed by atoms with Crippen molar-refractivity contribution in [2.45, 2.75) is 31.9 Å². The lowest BCUT2D eigenvalue weighted by Crippen LogP contribution is -2.50. The van der Waals surface area contributed by atoms with Crippen molar-refractivity contribution in [1.29, 1.82) is 0 Å². The van der Waals surface area contributed by atoms with Crippen LogP contribution in [0.25, 0.3) is 0 Å². The van der Waals surface area contributed by atoms with Gasteiger partial charge >= 0.3 is 0 Å². The van der Waals surface area contributed by atoms with Crippen LogP contribution < -0.4 is 0 Å². The fourth-order valence-electron chi connectivity index (χ4n) is 2.57. The first-order valence-electron chi connectivity index (χ1n) is 6.39. The van der Waals surface area contributed by atoms with Crippen molar-refractivity contribution in [3.8, 4) is 0 Å². The van der Waals surface area contributed by atoms with E-state index in [1.165, 1.54) is 0 Å². The molecule has 0 amide bonds. The van der Waals surface area contributed by atoms with Crippen LogP contribution in [0.5, 0.6) is 0 Å². The predicted molar refractivity (Wildman–Crippen MR) is 61.4 cm³/mol. The maximum absolute atomic E-state index is 9.92. The van der Waals surface area contributed by atoms with Crippen LogP contribution in [0.3, 0.4) is 0 Å². The maximum atomic E-state index is 9.92. The molecule has 2 aliphatic heterocycles. The highest BCUT2D eigenvalue weighted by Gasteiger charge is 2.29. The van der Waals surface area contributed by atoms with Crippen LogP contribution in [-0.4, -0.2) is 61.7 Å². The Bertz CT molecular complexity index is 212. The number of nitrogens with zero attached hydrogens (tertiary/aromatic N) is 1. The van der Waals surface area contributed by atoms with E-state index in [1.54, 1.807) is 0 Å². The normalized spacial score (nSPS) is 37.5. The highest BCUT2D eigenvalue weighted by Crippen LogP contribution is 2.19. The molecule has 0 aromatic carbocycles. The lowest BCUT2D eigenvalue weighted by molar-refractivity contribution is -0.0712. The van der Waals surface area contributed by atoms with Crippen molar-refractivity contribution in [3.05, 3.63) is 0 Å². The summed E-state index contributed by atoms with van der Waals surface area (Å²) in [6.45, 7) is 7.19. The van der Waals surface area contributed by atoms with Gasteiger partial charge in [0.1, 0.15) is 0 Å². The monoisotopic (exact) mass is 229 g/mol. The molecule has 0 saturated carbocycles. The van der Waals surface area contributed by atoms with E-state index in [0.717, 1.165) is 39.1 Å². The zero-order chi connectivity index (χ0) is 11.4. The highest BCUT2D eigenvalue weighted by molar-refractivity contribution is 4.81. The molecule has 4 heteroatoms. The minimum absolute atomic E-state index is 0.186. The number of aliphatic hydroxyl groups excluding tert-OH is 1. The maximum Gasteiger partial charge on any atom is 0.0624 e. The fraction of sp³-hybridized carbons (Fsp3) is 1.00. The first-order valence-corrected chi connectivity index (χ1v) is 6.39. The Morgan fingerprint density at radius 3 is 2.81 bits per heavy atom. The molecule has 2 heterocycles. The molecular weight excluding hydrogens is 206 g/mol. The molecule has 94 valence electrons. The Morgan fingerprint density at radius 1 is 1.25 bits per heavy atom. The summed E-state index contributed by atoms with van der Waals surface area (Å²) in [5.41, 5.74) is 0. The van der Waals surface area contributed by atoms with Crippen molar-refractivity contribution < 1.29 is 14.6 Å². The lowest BCUT2D eigenvalue weighted by atomic mass is 9.97. The van der Waals surface area contributed by atoms with Gasteiger partial charge in [0, 0.05) is 31.7 Å². The molecule has 2 aliphatic rings. The van der Waals surface area contributed by atoms with Crippen LogP contribution in [0.1, 0.15) is 19.8 Å². The molecule has 2 saturated heterocycles. The second-order valence-electron chi connectivity index (χ2n) is 4.82. The number of aliphatic hydroxyl groups is 1. The first kappa shape index (κ1) is 12.3. The number of hydrogen-bond acceptors (Lipinski definition) is 4. The number of morpholine rings is 1. The molecule has 0 spiro atoms. The molecule has 0 aromatic heterocycles. The summed E-state index contributed by atoms with van der Waals surface area (Å²) in [5.74, 6) is 0.279. The van der Waals surface area contributed by atoms with E-state index in [1.807, 2.05) is 0 Å². The average Bonchev–Trinajstić information content (AvgIpc) is 2.33. The Balaban J connectivity index is 1.86. The van der Waals surface area contributed by atoms with Gasteiger partial charge in [0.2, 0.25) is 0 Å². The molecule has 0 aromatic rings. The second-order valence-corrected chi connectivity index (χ2v) is 4.82. The molecule has 3 unspecified atom stereocenters. The lowest BCUT2D eigenvalue weighted by Gasteiger charge is -2.39. The SMILES string of the molecule is CCC1COCCN1CC1COCCC1O. The van der Waals surface area contributed by atoms with Crippen LogP contribution in [0.15, 0.2) is 0 Å². The van der Waals surface area contributed by atoms with Gasteiger partial charge in [-0.2, -0.15) is 0 Å². The molecular formula is C12H23NO3. The largest absolute Gasteiger partial charge is 0.393 e. The third-order valence-corrected chi connectivity index (χ3v) is 3.72. The van der Waals surface area contributed by atoms with Gasteiger partial charge in [-0.25, -0.2) is 0 Å². The minimum Gasteiger partial charge on any atom is -0.393 e. The van der Waals surface area contributed by atoms with Crippen molar-refractivity contribution in [1.82, 2.24) is 4.90 Å². The molecule has 2 rings (SSSR count). The zero-order valence-electron chi connectivity index (χ0n) is 10.1. The van der Waals surface area contributed by atoms with Gasteiger partial charge in [-0.15, -0.1) is 0 Å². The summed E-state index contributed by atoms with van der Waals surface area (Å²) in [6, 6.07) is 0.517. The molecule has 2 fully saturated rings. The second kappa shape index (κ2) is 5.96.